The van der Waals surface area contributed by atoms with Gasteiger partial charge in [-0.3, -0.25) is 4.79 Å². The van der Waals surface area contributed by atoms with Gasteiger partial charge >= 0.3 is 0 Å². The maximum absolute atomic E-state index is 12.2. The highest BCUT2D eigenvalue weighted by molar-refractivity contribution is 9.10. The molecule has 2 aromatic rings. The topological polar surface area (TPSA) is 29.1 Å². The molecule has 0 aromatic heterocycles. The molecule has 1 amide bonds. The molecule has 0 aliphatic heterocycles. The minimum atomic E-state index is -0.153. The van der Waals surface area contributed by atoms with E-state index in [2.05, 4.69) is 47.7 Å². The number of amides is 1. The van der Waals surface area contributed by atoms with Gasteiger partial charge in [-0.15, -0.1) is 12.6 Å². The van der Waals surface area contributed by atoms with Crippen molar-refractivity contribution in [3.8, 4) is 0 Å². The summed E-state index contributed by atoms with van der Waals surface area (Å²) in [7, 11) is 0. The minimum Gasteiger partial charge on any atom is -0.322 e. The zero-order valence-corrected chi connectivity index (χ0v) is 13.8. The third-order valence-corrected chi connectivity index (χ3v) is 3.90. The van der Waals surface area contributed by atoms with E-state index in [0.29, 0.717) is 16.4 Å². The molecular weight excluding hydrogens is 334 g/mol. The molecule has 2 aromatic carbocycles. The predicted octanol–water partition coefficient (Wildman–Crippen LogP) is 5.11. The lowest BCUT2D eigenvalue weighted by Gasteiger charge is -2.09. The SMILES string of the molecule is CC(C)c1ccc(NC(=O)c2ccc(Br)cc2S)cc1. The van der Waals surface area contributed by atoms with Crippen LogP contribution in [0, 0.1) is 0 Å². The Labute approximate surface area is 133 Å². The van der Waals surface area contributed by atoms with Gasteiger partial charge in [-0.25, -0.2) is 0 Å². The summed E-state index contributed by atoms with van der Waals surface area (Å²) >= 11 is 7.68. The monoisotopic (exact) mass is 349 g/mol. The Balaban J connectivity index is 2.15. The zero-order valence-electron chi connectivity index (χ0n) is 11.4. The van der Waals surface area contributed by atoms with E-state index in [4.69, 9.17) is 0 Å². The molecule has 0 heterocycles. The maximum Gasteiger partial charge on any atom is 0.256 e. The van der Waals surface area contributed by atoms with E-state index >= 15 is 0 Å². The summed E-state index contributed by atoms with van der Waals surface area (Å²) in [6, 6.07) is 13.3. The summed E-state index contributed by atoms with van der Waals surface area (Å²) in [4.78, 5) is 12.8. The lowest BCUT2D eigenvalue weighted by atomic mass is 10.0. The molecule has 0 spiro atoms. The van der Waals surface area contributed by atoms with Crippen LogP contribution < -0.4 is 5.32 Å². The molecule has 0 atom stereocenters. The van der Waals surface area contributed by atoms with Crippen molar-refractivity contribution < 1.29 is 4.79 Å². The maximum atomic E-state index is 12.2. The summed E-state index contributed by atoms with van der Waals surface area (Å²) in [5.41, 5.74) is 2.60. The fraction of sp³-hybridized carbons (Fsp3) is 0.188. The summed E-state index contributed by atoms with van der Waals surface area (Å²) in [6.07, 6.45) is 0. The van der Waals surface area contributed by atoms with Gasteiger partial charge in [-0.1, -0.05) is 41.9 Å². The van der Waals surface area contributed by atoms with Gasteiger partial charge in [0.15, 0.2) is 0 Å². The van der Waals surface area contributed by atoms with Gasteiger partial charge in [0.2, 0.25) is 0 Å². The first-order valence-corrected chi connectivity index (χ1v) is 7.61. The van der Waals surface area contributed by atoms with Crippen molar-refractivity contribution >= 4 is 40.2 Å². The standard InChI is InChI=1S/C16H16BrNOS/c1-10(2)11-3-6-13(7-4-11)18-16(19)14-8-5-12(17)9-15(14)20/h3-10,20H,1-2H3,(H,18,19). The fourth-order valence-electron chi connectivity index (χ4n) is 1.85. The molecule has 0 unspecified atom stereocenters. The van der Waals surface area contributed by atoms with E-state index in [0.717, 1.165) is 10.2 Å². The van der Waals surface area contributed by atoms with Crippen molar-refractivity contribution in [3.05, 3.63) is 58.1 Å². The summed E-state index contributed by atoms with van der Waals surface area (Å²) < 4.78 is 0.903. The second-order valence-corrected chi connectivity index (χ2v) is 6.29. The van der Waals surface area contributed by atoms with Crippen LogP contribution in [0.4, 0.5) is 5.69 Å². The molecule has 0 aliphatic carbocycles. The van der Waals surface area contributed by atoms with Crippen LogP contribution in [0.15, 0.2) is 51.8 Å². The summed E-state index contributed by atoms with van der Waals surface area (Å²) in [5.74, 6) is 0.329. The highest BCUT2D eigenvalue weighted by atomic mass is 79.9. The molecule has 0 bridgehead atoms. The lowest BCUT2D eigenvalue weighted by molar-refractivity contribution is 0.102. The molecule has 2 nitrogen and oxygen atoms in total. The van der Waals surface area contributed by atoms with Crippen molar-refractivity contribution in [1.29, 1.82) is 0 Å². The second-order valence-electron chi connectivity index (χ2n) is 4.89. The molecule has 0 saturated heterocycles. The van der Waals surface area contributed by atoms with Gasteiger partial charge < -0.3 is 5.32 Å². The number of anilines is 1. The van der Waals surface area contributed by atoms with Crippen molar-refractivity contribution in [2.45, 2.75) is 24.7 Å². The van der Waals surface area contributed by atoms with Gasteiger partial charge in [0.1, 0.15) is 0 Å². The van der Waals surface area contributed by atoms with Crippen LogP contribution in [0.25, 0.3) is 0 Å². The van der Waals surface area contributed by atoms with Crippen LogP contribution in [-0.4, -0.2) is 5.91 Å². The van der Waals surface area contributed by atoms with E-state index in [1.165, 1.54) is 5.56 Å². The van der Waals surface area contributed by atoms with Crippen LogP contribution in [0.5, 0.6) is 0 Å². The van der Waals surface area contributed by atoms with Crippen molar-refractivity contribution in [3.63, 3.8) is 0 Å². The molecule has 2 rings (SSSR count). The number of hydrogen-bond acceptors (Lipinski definition) is 2. The Hall–Kier alpha value is -1.26. The first-order chi connectivity index (χ1) is 9.47. The molecule has 0 radical (unpaired) electrons. The first kappa shape index (κ1) is 15.1. The number of thiol groups is 1. The van der Waals surface area contributed by atoms with Gasteiger partial charge in [0.05, 0.1) is 5.56 Å². The second kappa shape index (κ2) is 6.46. The van der Waals surface area contributed by atoms with Crippen LogP contribution in [0.1, 0.15) is 35.7 Å². The average molecular weight is 350 g/mol. The Morgan fingerprint density at radius 2 is 1.80 bits per heavy atom. The van der Waals surface area contributed by atoms with Crippen molar-refractivity contribution in [1.82, 2.24) is 0 Å². The molecule has 0 fully saturated rings. The number of carbonyl (C=O) groups excluding carboxylic acids is 1. The van der Waals surface area contributed by atoms with Gasteiger partial charge in [-0.2, -0.15) is 0 Å². The van der Waals surface area contributed by atoms with E-state index in [9.17, 15) is 4.79 Å². The van der Waals surface area contributed by atoms with Gasteiger partial charge in [-0.05, 0) is 41.8 Å². The van der Waals surface area contributed by atoms with Crippen LogP contribution >= 0.6 is 28.6 Å². The van der Waals surface area contributed by atoms with E-state index < -0.39 is 0 Å². The molecule has 4 heteroatoms. The first-order valence-electron chi connectivity index (χ1n) is 6.37. The smallest absolute Gasteiger partial charge is 0.256 e. The van der Waals surface area contributed by atoms with Gasteiger partial charge in [0.25, 0.3) is 5.91 Å². The third-order valence-electron chi connectivity index (χ3n) is 3.04. The van der Waals surface area contributed by atoms with Gasteiger partial charge in [0, 0.05) is 15.1 Å². The molecule has 0 saturated carbocycles. The zero-order chi connectivity index (χ0) is 14.7. The molecule has 104 valence electrons. The third kappa shape index (κ3) is 3.64. The van der Waals surface area contributed by atoms with Crippen LogP contribution in [0.3, 0.4) is 0 Å². The van der Waals surface area contributed by atoms with E-state index in [-0.39, 0.29) is 5.91 Å². The Morgan fingerprint density at radius 3 is 2.35 bits per heavy atom. The van der Waals surface area contributed by atoms with E-state index in [1.54, 1.807) is 12.1 Å². The van der Waals surface area contributed by atoms with Crippen LogP contribution in [-0.2, 0) is 0 Å². The number of nitrogens with one attached hydrogen (secondary N) is 1. The number of benzene rings is 2. The summed E-state index contributed by atoms with van der Waals surface area (Å²) in [6.45, 7) is 4.28. The number of halogens is 1. The summed E-state index contributed by atoms with van der Waals surface area (Å²) in [5, 5.41) is 2.88. The minimum absolute atomic E-state index is 0.153. The highest BCUT2D eigenvalue weighted by Crippen LogP contribution is 2.22. The van der Waals surface area contributed by atoms with Crippen molar-refractivity contribution in [2.75, 3.05) is 5.32 Å². The number of carbonyl (C=O) groups is 1. The quantitative estimate of drug-likeness (QED) is 0.740. The largest absolute Gasteiger partial charge is 0.322 e. The van der Waals surface area contributed by atoms with E-state index in [1.807, 2.05) is 30.3 Å². The Kier molecular flexibility index (Phi) is 4.89. The normalized spacial score (nSPS) is 10.7. The molecular formula is C16H16BrNOS. The predicted molar refractivity (Wildman–Crippen MR) is 89.9 cm³/mol. The highest BCUT2D eigenvalue weighted by Gasteiger charge is 2.10. The van der Waals surface area contributed by atoms with Crippen LogP contribution in [0.2, 0.25) is 0 Å². The average Bonchev–Trinajstić information content (AvgIpc) is 2.39. The molecule has 1 N–H and O–H groups in total. The Morgan fingerprint density at radius 1 is 1.15 bits per heavy atom. The number of hydrogen-bond donors (Lipinski definition) is 2. The molecule has 20 heavy (non-hydrogen) atoms. The Bertz CT molecular complexity index is 623. The fourth-order valence-corrected chi connectivity index (χ4v) is 2.70. The lowest BCUT2D eigenvalue weighted by Crippen LogP contribution is -2.12. The molecule has 0 aliphatic rings. The number of rotatable bonds is 3. The van der Waals surface area contributed by atoms with Crippen molar-refractivity contribution in [2.24, 2.45) is 0 Å².